The van der Waals surface area contributed by atoms with Crippen LogP contribution >= 0.6 is 0 Å². The highest BCUT2D eigenvalue weighted by Crippen LogP contribution is 2.19. The molecule has 0 amide bonds. The average molecular weight is 280 g/mol. The van der Waals surface area contributed by atoms with Crippen LogP contribution in [0.15, 0.2) is 11.1 Å². The summed E-state index contributed by atoms with van der Waals surface area (Å²) in [5.74, 6) is 0.597. The summed E-state index contributed by atoms with van der Waals surface area (Å²) < 4.78 is 0. The van der Waals surface area contributed by atoms with Crippen LogP contribution in [0.1, 0.15) is 19.8 Å². The van der Waals surface area contributed by atoms with Crippen molar-refractivity contribution in [3.63, 3.8) is 0 Å². The molecule has 7 heteroatoms. The SMILES string of the molecule is CCC(CCN)N1CCN(c2nc[nH]c(=O)c2N)CC1. The van der Waals surface area contributed by atoms with Gasteiger partial charge in [-0.15, -0.1) is 0 Å². The maximum absolute atomic E-state index is 11.5. The molecule has 1 unspecified atom stereocenters. The highest BCUT2D eigenvalue weighted by molar-refractivity contribution is 5.61. The summed E-state index contributed by atoms with van der Waals surface area (Å²) in [5.41, 5.74) is 11.4. The van der Waals surface area contributed by atoms with Crippen molar-refractivity contribution in [2.75, 3.05) is 43.4 Å². The van der Waals surface area contributed by atoms with Crippen LogP contribution in [0, 0.1) is 0 Å². The Morgan fingerprint density at radius 3 is 2.70 bits per heavy atom. The second-order valence-electron chi connectivity index (χ2n) is 5.13. The van der Waals surface area contributed by atoms with E-state index in [-0.39, 0.29) is 11.2 Å². The van der Waals surface area contributed by atoms with E-state index in [4.69, 9.17) is 11.5 Å². The maximum atomic E-state index is 11.5. The van der Waals surface area contributed by atoms with Crippen LogP contribution in [0.3, 0.4) is 0 Å². The van der Waals surface area contributed by atoms with Gasteiger partial charge in [0, 0.05) is 32.2 Å². The fourth-order valence-electron chi connectivity index (χ4n) is 2.79. The summed E-state index contributed by atoms with van der Waals surface area (Å²) in [7, 11) is 0. The quantitative estimate of drug-likeness (QED) is 0.678. The Morgan fingerprint density at radius 2 is 2.10 bits per heavy atom. The summed E-state index contributed by atoms with van der Waals surface area (Å²) >= 11 is 0. The number of piperazine rings is 1. The van der Waals surface area contributed by atoms with Gasteiger partial charge in [0.25, 0.3) is 5.56 Å². The van der Waals surface area contributed by atoms with Crippen molar-refractivity contribution in [1.29, 1.82) is 0 Å². The van der Waals surface area contributed by atoms with E-state index >= 15 is 0 Å². The predicted molar refractivity (Wildman–Crippen MR) is 80.8 cm³/mol. The zero-order valence-electron chi connectivity index (χ0n) is 12.0. The van der Waals surface area contributed by atoms with E-state index in [9.17, 15) is 4.79 Å². The molecule has 0 spiro atoms. The topological polar surface area (TPSA) is 104 Å². The van der Waals surface area contributed by atoms with E-state index in [0.717, 1.165) is 45.6 Å². The first-order valence-electron chi connectivity index (χ1n) is 7.19. The van der Waals surface area contributed by atoms with E-state index in [2.05, 4.69) is 26.7 Å². The summed E-state index contributed by atoms with van der Waals surface area (Å²) in [6.45, 7) is 6.49. The van der Waals surface area contributed by atoms with Crippen LogP contribution in [-0.2, 0) is 0 Å². The number of aromatic amines is 1. The molecular formula is C13H24N6O. The average Bonchev–Trinajstić information content (AvgIpc) is 2.48. The minimum absolute atomic E-state index is 0.204. The number of nitrogens with two attached hydrogens (primary N) is 2. The molecule has 1 aromatic rings. The molecule has 5 N–H and O–H groups in total. The van der Waals surface area contributed by atoms with Crippen molar-refractivity contribution in [2.45, 2.75) is 25.8 Å². The lowest BCUT2D eigenvalue weighted by molar-refractivity contribution is 0.173. The molecule has 2 heterocycles. The third kappa shape index (κ3) is 3.10. The van der Waals surface area contributed by atoms with Gasteiger partial charge < -0.3 is 21.4 Å². The first kappa shape index (κ1) is 14.8. The van der Waals surface area contributed by atoms with E-state index in [1.165, 1.54) is 6.33 Å². The number of hydrogen-bond donors (Lipinski definition) is 3. The molecule has 1 atom stereocenters. The first-order chi connectivity index (χ1) is 9.67. The number of anilines is 2. The van der Waals surface area contributed by atoms with E-state index in [1.807, 2.05) is 0 Å². The standard InChI is InChI=1S/C13H24N6O/c1-2-10(3-4-14)18-5-7-19(8-6-18)12-11(15)13(20)17-9-16-12/h9-10H,2-8,14-15H2,1H3,(H,16,17,20). The predicted octanol–water partition coefficient (Wildman–Crippen LogP) is -0.398. The number of nitrogen functional groups attached to an aromatic ring is 1. The Balaban J connectivity index is 2.00. The number of nitrogens with one attached hydrogen (secondary N) is 1. The van der Waals surface area contributed by atoms with Crippen molar-refractivity contribution in [1.82, 2.24) is 14.9 Å². The van der Waals surface area contributed by atoms with E-state index in [1.54, 1.807) is 0 Å². The van der Waals surface area contributed by atoms with Gasteiger partial charge in [-0.25, -0.2) is 4.98 Å². The molecule has 1 aliphatic rings. The zero-order valence-corrected chi connectivity index (χ0v) is 12.0. The summed E-state index contributed by atoms with van der Waals surface area (Å²) in [6, 6.07) is 0.548. The highest BCUT2D eigenvalue weighted by atomic mass is 16.1. The molecule has 0 aliphatic carbocycles. The lowest BCUT2D eigenvalue weighted by atomic mass is 10.1. The van der Waals surface area contributed by atoms with Gasteiger partial charge in [-0.3, -0.25) is 9.69 Å². The molecule has 1 saturated heterocycles. The minimum atomic E-state index is -0.271. The van der Waals surface area contributed by atoms with Crippen LogP contribution in [0.4, 0.5) is 11.5 Å². The third-order valence-corrected chi connectivity index (χ3v) is 3.97. The molecule has 0 radical (unpaired) electrons. The van der Waals surface area contributed by atoms with Crippen molar-refractivity contribution in [3.05, 3.63) is 16.7 Å². The summed E-state index contributed by atoms with van der Waals surface area (Å²) in [6.07, 6.45) is 3.55. The van der Waals surface area contributed by atoms with Gasteiger partial charge in [-0.05, 0) is 19.4 Å². The largest absolute Gasteiger partial charge is 0.391 e. The van der Waals surface area contributed by atoms with Crippen LogP contribution < -0.4 is 21.9 Å². The smallest absolute Gasteiger partial charge is 0.276 e. The highest BCUT2D eigenvalue weighted by Gasteiger charge is 2.24. The fourth-order valence-corrected chi connectivity index (χ4v) is 2.79. The molecule has 7 nitrogen and oxygen atoms in total. The van der Waals surface area contributed by atoms with Crippen LogP contribution in [-0.4, -0.2) is 53.6 Å². The van der Waals surface area contributed by atoms with E-state index < -0.39 is 0 Å². The normalized spacial score (nSPS) is 18.2. The molecule has 1 fully saturated rings. The van der Waals surface area contributed by atoms with Gasteiger partial charge in [0.1, 0.15) is 5.69 Å². The second kappa shape index (κ2) is 6.71. The van der Waals surface area contributed by atoms with Crippen molar-refractivity contribution in [2.24, 2.45) is 5.73 Å². The molecule has 0 bridgehead atoms. The lowest BCUT2D eigenvalue weighted by Crippen LogP contribution is -2.51. The Kier molecular flexibility index (Phi) is 4.97. The van der Waals surface area contributed by atoms with Crippen molar-refractivity contribution >= 4 is 11.5 Å². The minimum Gasteiger partial charge on any atom is -0.391 e. The molecule has 1 aromatic heterocycles. The van der Waals surface area contributed by atoms with Gasteiger partial charge in [-0.1, -0.05) is 6.92 Å². The molecular weight excluding hydrogens is 256 g/mol. The van der Waals surface area contributed by atoms with Gasteiger partial charge in [0.15, 0.2) is 5.82 Å². The number of aromatic nitrogens is 2. The second-order valence-corrected chi connectivity index (χ2v) is 5.13. The zero-order chi connectivity index (χ0) is 14.5. The molecule has 1 aliphatic heterocycles. The van der Waals surface area contributed by atoms with Gasteiger partial charge in [-0.2, -0.15) is 0 Å². The molecule has 2 rings (SSSR count). The molecule has 0 saturated carbocycles. The van der Waals surface area contributed by atoms with Crippen LogP contribution in [0.5, 0.6) is 0 Å². The van der Waals surface area contributed by atoms with Crippen LogP contribution in [0.2, 0.25) is 0 Å². The third-order valence-electron chi connectivity index (χ3n) is 3.97. The van der Waals surface area contributed by atoms with Gasteiger partial charge in [0.2, 0.25) is 0 Å². The van der Waals surface area contributed by atoms with E-state index in [0.29, 0.717) is 11.9 Å². The van der Waals surface area contributed by atoms with Gasteiger partial charge >= 0.3 is 0 Å². The Hall–Kier alpha value is -1.60. The monoisotopic (exact) mass is 280 g/mol. The summed E-state index contributed by atoms with van der Waals surface area (Å²) in [5, 5.41) is 0. The summed E-state index contributed by atoms with van der Waals surface area (Å²) in [4.78, 5) is 22.7. The lowest BCUT2D eigenvalue weighted by Gasteiger charge is -2.39. The number of hydrogen-bond acceptors (Lipinski definition) is 6. The van der Waals surface area contributed by atoms with Crippen molar-refractivity contribution < 1.29 is 0 Å². The Labute approximate surface area is 119 Å². The fraction of sp³-hybridized carbons (Fsp3) is 0.692. The first-order valence-corrected chi connectivity index (χ1v) is 7.19. The Bertz CT molecular complexity index is 480. The molecule has 112 valence electrons. The van der Waals surface area contributed by atoms with Crippen LogP contribution in [0.25, 0.3) is 0 Å². The van der Waals surface area contributed by atoms with Crippen molar-refractivity contribution in [3.8, 4) is 0 Å². The number of H-pyrrole nitrogens is 1. The Morgan fingerprint density at radius 1 is 1.40 bits per heavy atom. The molecule has 0 aromatic carbocycles. The number of nitrogens with zero attached hydrogens (tertiary/aromatic N) is 3. The van der Waals surface area contributed by atoms with Gasteiger partial charge in [0.05, 0.1) is 6.33 Å². The number of rotatable bonds is 5. The molecule has 20 heavy (non-hydrogen) atoms. The maximum Gasteiger partial charge on any atom is 0.276 e.